The van der Waals surface area contributed by atoms with E-state index in [0.717, 1.165) is 11.0 Å². The third-order valence-corrected chi connectivity index (χ3v) is 3.45. The summed E-state index contributed by atoms with van der Waals surface area (Å²) in [7, 11) is 1.63. The van der Waals surface area contributed by atoms with Gasteiger partial charge in [-0.25, -0.2) is 9.97 Å². The molecule has 0 bridgehead atoms. The molecule has 0 spiro atoms. The highest BCUT2D eigenvalue weighted by atomic mass is 127. The van der Waals surface area contributed by atoms with Crippen LogP contribution in [0.4, 0.5) is 0 Å². The van der Waals surface area contributed by atoms with Crippen LogP contribution in [-0.2, 0) is 0 Å². The Balaban J connectivity index is 2.81. The van der Waals surface area contributed by atoms with Crippen LogP contribution in [0.3, 0.4) is 0 Å². The lowest BCUT2D eigenvalue weighted by atomic mass is 10.4. The number of fused-ring (bicyclic) bond motifs is 1. The van der Waals surface area contributed by atoms with Crippen molar-refractivity contribution in [2.75, 3.05) is 0 Å². The van der Waals surface area contributed by atoms with Crippen LogP contribution < -0.4 is 0 Å². The van der Waals surface area contributed by atoms with Gasteiger partial charge in [0.15, 0.2) is 5.65 Å². The molecule has 2 aromatic heterocycles. The second kappa shape index (κ2) is 3.21. The maximum Gasteiger partial charge on any atom is 0.154 e. The standard InChI is InChI=1S/C7H6IN3S/c1-5-2-6-3-9-4-10-7(6)11(5)12-8/h2-4H,1H3. The van der Waals surface area contributed by atoms with E-state index in [4.69, 9.17) is 0 Å². The molecule has 0 atom stereocenters. The summed E-state index contributed by atoms with van der Waals surface area (Å²) in [5.74, 6) is 0. The monoisotopic (exact) mass is 291 g/mol. The van der Waals surface area contributed by atoms with Gasteiger partial charge in [0.2, 0.25) is 0 Å². The summed E-state index contributed by atoms with van der Waals surface area (Å²) in [6.45, 7) is 2.06. The molecule has 0 fully saturated rings. The Labute approximate surface area is 86.3 Å². The highest BCUT2D eigenvalue weighted by Gasteiger charge is 2.04. The maximum atomic E-state index is 4.20. The second-order valence-electron chi connectivity index (χ2n) is 2.45. The lowest BCUT2D eigenvalue weighted by molar-refractivity contribution is 1.15. The first-order chi connectivity index (χ1) is 5.83. The van der Waals surface area contributed by atoms with E-state index in [-0.39, 0.29) is 0 Å². The highest BCUT2D eigenvalue weighted by molar-refractivity contribution is 14.2. The van der Waals surface area contributed by atoms with Gasteiger partial charge in [-0.1, -0.05) is 0 Å². The fourth-order valence-electron chi connectivity index (χ4n) is 1.14. The highest BCUT2D eigenvalue weighted by Crippen LogP contribution is 2.25. The molecule has 2 rings (SSSR count). The SMILES string of the molecule is Cc1cc2cncnc2n1SI. The van der Waals surface area contributed by atoms with E-state index in [1.807, 2.05) is 6.20 Å². The summed E-state index contributed by atoms with van der Waals surface area (Å²) in [6.07, 6.45) is 3.41. The van der Waals surface area contributed by atoms with Gasteiger partial charge < -0.3 is 0 Å². The molecule has 0 saturated carbocycles. The van der Waals surface area contributed by atoms with Gasteiger partial charge in [0.05, 0.1) is 0 Å². The number of aryl methyl sites for hydroxylation is 1. The first kappa shape index (κ1) is 8.31. The summed E-state index contributed by atoms with van der Waals surface area (Å²) in [5, 5.41) is 1.10. The zero-order chi connectivity index (χ0) is 8.55. The van der Waals surface area contributed by atoms with Crippen LogP contribution in [0.15, 0.2) is 18.6 Å². The summed E-state index contributed by atoms with van der Waals surface area (Å²) in [5.41, 5.74) is 2.19. The lowest BCUT2D eigenvalue weighted by Gasteiger charge is -1.97. The van der Waals surface area contributed by atoms with E-state index in [1.165, 1.54) is 5.69 Å². The minimum absolute atomic E-state index is 0.988. The van der Waals surface area contributed by atoms with E-state index in [2.05, 4.69) is 48.1 Å². The Bertz CT molecular complexity index is 412. The summed E-state index contributed by atoms with van der Waals surface area (Å²) < 4.78 is 2.08. The van der Waals surface area contributed by atoms with Crippen LogP contribution in [0.5, 0.6) is 0 Å². The van der Waals surface area contributed by atoms with Gasteiger partial charge in [0.1, 0.15) is 6.33 Å². The van der Waals surface area contributed by atoms with Gasteiger partial charge in [-0.05, 0) is 13.0 Å². The average Bonchev–Trinajstić information content (AvgIpc) is 2.40. The zero-order valence-corrected chi connectivity index (χ0v) is 9.33. The maximum absolute atomic E-state index is 4.20. The number of hydrogen-bond donors (Lipinski definition) is 0. The second-order valence-corrected chi connectivity index (χ2v) is 4.14. The van der Waals surface area contributed by atoms with Gasteiger partial charge in [0, 0.05) is 47.6 Å². The fourth-order valence-corrected chi connectivity index (χ4v) is 3.01. The first-order valence-electron chi connectivity index (χ1n) is 3.40. The molecule has 0 radical (unpaired) electrons. The third-order valence-electron chi connectivity index (χ3n) is 1.66. The van der Waals surface area contributed by atoms with Crippen LogP contribution in [0.1, 0.15) is 5.69 Å². The molecule has 0 aliphatic rings. The zero-order valence-electron chi connectivity index (χ0n) is 6.36. The predicted molar refractivity (Wildman–Crippen MR) is 59.3 cm³/mol. The number of nitrogens with zero attached hydrogens (tertiary/aromatic N) is 3. The van der Waals surface area contributed by atoms with Crippen molar-refractivity contribution >= 4 is 41.4 Å². The van der Waals surface area contributed by atoms with E-state index in [1.54, 1.807) is 15.4 Å². The van der Waals surface area contributed by atoms with Crippen LogP contribution in [0.25, 0.3) is 11.0 Å². The Hall–Kier alpha value is -0.300. The smallest absolute Gasteiger partial charge is 0.154 e. The van der Waals surface area contributed by atoms with Crippen molar-refractivity contribution in [1.82, 2.24) is 13.9 Å². The van der Waals surface area contributed by atoms with Crippen LogP contribution in [-0.4, -0.2) is 13.9 Å². The van der Waals surface area contributed by atoms with Gasteiger partial charge >= 0.3 is 0 Å². The Morgan fingerprint density at radius 3 is 3.17 bits per heavy atom. The molecule has 0 aliphatic heterocycles. The molecule has 0 aliphatic carbocycles. The largest absolute Gasteiger partial charge is 0.263 e. The quantitative estimate of drug-likeness (QED) is 0.757. The Morgan fingerprint density at radius 1 is 1.58 bits per heavy atom. The Kier molecular flexibility index (Phi) is 2.22. The summed E-state index contributed by atoms with van der Waals surface area (Å²) in [6, 6.07) is 2.08. The topological polar surface area (TPSA) is 30.7 Å². The molecule has 12 heavy (non-hydrogen) atoms. The van der Waals surface area contributed by atoms with Crippen molar-refractivity contribution in [2.24, 2.45) is 0 Å². The molecule has 0 amide bonds. The van der Waals surface area contributed by atoms with E-state index in [0.29, 0.717) is 0 Å². The van der Waals surface area contributed by atoms with Gasteiger partial charge in [-0.2, -0.15) is 0 Å². The number of hydrogen-bond acceptors (Lipinski definition) is 3. The Morgan fingerprint density at radius 2 is 2.42 bits per heavy atom. The van der Waals surface area contributed by atoms with Gasteiger partial charge in [-0.3, -0.25) is 3.97 Å². The van der Waals surface area contributed by atoms with Crippen molar-refractivity contribution < 1.29 is 0 Å². The van der Waals surface area contributed by atoms with Crippen LogP contribution >= 0.6 is 30.3 Å². The minimum Gasteiger partial charge on any atom is -0.263 e. The molecule has 0 N–H and O–H groups in total. The third kappa shape index (κ3) is 1.20. The van der Waals surface area contributed by atoms with Crippen molar-refractivity contribution in [3.05, 3.63) is 24.3 Å². The average molecular weight is 291 g/mol. The minimum atomic E-state index is 0.988. The van der Waals surface area contributed by atoms with E-state index < -0.39 is 0 Å². The molecular formula is C7H6IN3S. The molecule has 0 saturated heterocycles. The van der Waals surface area contributed by atoms with Gasteiger partial charge in [0.25, 0.3) is 0 Å². The fraction of sp³-hybridized carbons (Fsp3) is 0.143. The van der Waals surface area contributed by atoms with Crippen molar-refractivity contribution in [2.45, 2.75) is 6.92 Å². The lowest BCUT2D eigenvalue weighted by Crippen LogP contribution is -1.87. The number of halogens is 1. The molecule has 5 heteroatoms. The summed E-state index contributed by atoms with van der Waals surface area (Å²) in [4.78, 5) is 8.16. The van der Waals surface area contributed by atoms with E-state index >= 15 is 0 Å². The number of rotatable bonds is 1. The van der Waals surface area contributed by atoms with Crippen LogP contribution in [0.2, 0.25) is 0 Å². The molecular weight excluding hydrogens is 285 g/mol. The number of aromatic nitrogens is 3. The van der Waals surface area contributed by atoms with Crippen LogP contribution in [0, 0.1) is 6.92 Å². The molecule has 2 aromatic rings. The molecule has 0 aromatic carbocycles. The molecule has 0 unspecified atom stereocenters. The molecule has 62 valence electrons. The van der Waals surface area contributed by atoms with Gasteiger partial charge in [-0.15, -0.1) is 0 Å². The van der Waals surface area contributed by atoms with Crippen molar-refractivity contribution in [1.29, 1.82) is 0 Å². The molecule has 2 heterocycles. The predicted octanol–water partition coefficient (Wildman–Crippen LogP) is 2.59. The van der Waals surface area contributed by atoms with Crippen molar-refractivity contribution in [3.63, 3.8) is 0 Å². The molecule has 3 nitrogen and oxygen atoms in total. The first-order valence-corrected chi connectivity index (χ1v) is 6.71. The normalized spacial score (nSPS) is 10.8. The van der Waals surface area contributed by atoms with Crippen molar-refractivity contribution in [3.8, 4) is 0 Å². The van der Waals surface area contributed by atoms with E-state index in [9.17, 15) is 0 Å². The summed E-state index contributed by atoms with van der Waals surface area (Å²) >= 11 is 2.24.